The van der Waals surface area contributed by atoms with Gasteiger partial charge in [-0.2, -0.15) is 0 Å². The third kappa shape index (κ3) is 12.8. The molecule has 0 aromatic heterocycles. The van der Waals surface area contributed by atoms with Crippen LogP contribution in [0.15, 0.2) is 12.2 Å². The summed E-state index contributed by atoms with van der Waals surface area (Å²) in [5, 5.41) is 0. The van der Waals surface area contributed by atoms with E-state index in [9.17, 15) is 0 Å². The third-order valence-corrected chi connectivity index (χ3v) is 6.89. The smallest absolute Gasteiger partial charge is 0.377 e. The summed E-state index contributed by atoms with van der Waals surface area (Å²) in [6, 6.07) is 0.917. The van der Waals surface area contributed by atoms with Crippen LogP contribution in [0, 0.1) is 0 Å². The van der Waals surface area contributed by atoms with Crippen molar-refractivity contribution in [1.82, 2.24) is 0 Å². The molecule has 0 amide bonds. The summed E-state index contributed by atoms with van der Waals surface area (Å²) in [6.45, 7) is 7.41. The average molecular weight is 347 g/mol. The van der Waals surface area contributed by atoms with E-state index in [1.165, 1.54) is 51.4 Å². The van der Waals surface area contributed by atoms with Gasteiger partial charge in [-0.1, -0.05) is 57.1 Å². The Bertz CT molecular complexity index is 272. The SMILES string of the molecule is C=C(C)COCCCCCCCCCCC[Si](OC)(OC)OC. The summed E-state index contributed by atoms with van der Waals surface area (Å²) in [5.74, 6) is 0. The van der Waals surface area contributed by atoms with E-state index >= 15 is 0 Å². The van der Waals surface area contributed by atoms with Gasteiger partial charge in [0.05, 0.1) is 6.61 Å². The molecule has 5 heteroatoms. The summed E-state index contributed by atoms with van der Waals surface area (Å²) in [7, 11) is 2.71. The molecule has 0 atom stereocenters. The van der Waals surface area contributed by atoms with E-state index in [4.69, 9.17) is 18.0 Å². The summed E-state index contributed by atoms with van der Waals surface area (Å²) in [5.41, 5.74) is 1.10. The maximum absolute atomic E-state index is 5.50. The molecule has 0 aliphatic heterocycles. The zero-order valence-electron chi connectivity index (χ0n) is 15.8. The second-order valence-corrected chi connectivity index (χ2v) is 9.33. The molecule has 23 heavy (non-hydrogen) atoms. The van der Waals surface area contributed by atoms with E-state index < -0.39 is 8.80 Å². The molecule has 0 aliphatic carbocycles. The molecule has 0 aliphatic rings. The van der Waals surface area contributed by atoms with Crippen LogP contribution in [0.1, 0.15) is 64.7 Å². The summed E-state index contributed by atoms with van der Waals surface area (Å²) in [4.78, 5) is 0. The molecule has 0 saturated carbocycles. The van der Waals surface area contributed by atoms with Crippen molar-refractivity contribution in [1.29, 1.82) is 0 Å². The molecule has 0 aromatic rings. The van der Waals surface area contributed by atoms with Crippen molar-refractivity contribution in [3.8, 4) is 0 Å². The maximum Gasteiger partial charge on any atom is 0.500 e. The number of ether oxygens (including phenoxy) is 1. The number of rotatable bonds is 17. The van der Waals surface area contributed by atoms with Gasteiger partial charge in [-0.25, -0.2) is 0 Å². The van der Waals surface area contributed by atoms with Gasteiger partial charge >= 0.3 is 8.80 Å². The Kier molecular flexibility index (Phi) is 15.2. The molecular weight excluding hydrogens is 308 g/mol. The Balaban J connectivity index is 3.29. The Morgan fingerprint density at radius 1 is 0.739 bits per heavy atom. The fourth-order valence-corrected chi connectivity index (χ4v) is 4.38. The lowest BCUT2D eigenvalue weighted by molar-refractivity contribution is 0.122. The molecule has 0 aromatic carbocycles. The average Bonchev–Trinajstić information content (AvgIpc) is 2.56. The van der Waals surface area contributed by atoms with Crippen LogP contribution < -0.4 is 0 Å². The molecule has 0 rings (SSSR count). The van der Waals surface area contributed by atoms with Crippen molar-refractivity contribution in [3.63, 3.8) is 0 Å². The van der Waals surface area contributed by atoms with E-state index in [0.29, 0.717) is 6.61 Å². The second-order valence-electron chi connectivity index (χ2n) is 6.24. The molecule has 138 valence electrons. The molecule has 0 saturated heterocycles. The first kappa shape index (κ1) is 22.8. The van der Waals surface area contributed by atoms with Gasteiger partial charge in [0.25, 0.3) is 0 Å². The van der Waals surface area contributed by atoms with Crippen LogP contribution in [0.5, 0.6) is 0 Å². The predicted octanol–water partition coefficient (Wildman–Crippen LogP) is 4.97. The lowest BCUT2D eigenvalue weighted by Gasteiger charge is -2.24. The van der Waals surface area contributed by atoms with Gasteiger partial charge < -0.3 is 18.0 Å². The fraction of sp³-hybridized carbons (Fsp3) is 0.889. The summed E-state index contributed by atoms with van der Waals surface area (Å²) >= 11 is 0. The van der Waals surface area contributed by atoms with Crippen LogP contribution >= 0.6 is 0 Å². The van der Waals surface area contributed by atoms with Gasteiger partial charge in [-0.3, -0.25) is 0 Å². The van der Waals surface area contributed by atoms with Crippen LogP contribution in [0.4, 0.5) is 0 Å². The minimum Gasteiger partial charge on any atom is -0.377 e. The summed E-state index contributed by atoms with van der Waals surface area (Å²) < 4.78 is 21.8. The van der Waals surface area contributed by atoms with Crippen molar-refractivity contribution >= 4 is 8.80 Å². The first-order valence-corrected chi connectivity index (χ1v) is 10.9. The number of unbranched alkanes of at least 4 members (excludes halogenated alkanes) is 8. The highest BCUT2D eigenvalue weighted by Crippen LogP contribution is 2.18. The predicted molar refractivity (Wildman–Crippen MR) is 98.8 cm³/mol. The molecule has 0 heterocycles. The molecular formula is C18H38O4Si. The zero-order chi connectivity index (χ0) is 17.4. The molecule has 0 fully saturated rings. The maximum atomic E-state index is 5.50. The highest BCUT2D eigenvalue weighted by molar-refractivity contribution is 6.60. The van der Waals surface area contributed by atoms with Crippen molar-refractivity contribution in [2.45, 2.75) is 70.8 Å². The van der Waals surface area contributed by atoms with E-state index in [1.807, 2.05) is 6.92 Å². The molecule has 0 radical (unpaired) electrons. The van der Waals surface area contributed by atoms with Crippen LogP contribution in [-0.4, -0.2) is 43.3 Å². The highest BCUT2D eigenvalue weighted by atomic mass is 28.4. The quantitative estimate of drug-likeness (QED) is 0.212. The van der Waals surface area contributed by atoms with Gasteiger partial charge in [0.1, 0.15) is 0 Å². The lowest BCUT2D eigenvalue weighted by atomic mass is 10.1. The standard InChI is InChI=1S/C18H38O4Si/c1-18(2)17-22-15-13-11-9-7-6-8-10-12-14-16-23(19-3,20-4)21-5/h1,6-17H2,2-5H3. The van der Waals surface area contributed by atoms with Gasteiger partial charge in [0, 0.05) is 34.0 Å². The van der Waals surface area contributed by atoms with Gasteiger partial charge in [-0.05, 0) is 19.8 Å². The second kappa shape index (κ2) is 15.3. The van der Waals surface area contributed by atoms with Crippen molar-refractivity contribution in [2.24, 2.45) is 0 Å². The molecule has 0 N–H and O–H groups in total. The first-order valence-electron chi connectivity index (χ1n) is 8.98. The Hall–Kier alpha value is -0.203. The molecule has 0 bridgehead atoms. The number of hydrogen-bond donors (Lipinski definition) is 0. The molecule has 0 spiro atoms. The Morgan fingerprint density at radius 2 is 1.17 bits per heavy atom. The number of hydrogen-bond acceptors (Lipinski definition) is 4. The van der Waals surface area contributed by atoms with Gasteiger partial charge in [-0.15, -0.1) is 0 Å². The molecule has 4 nitrogen and oxygen atoms in total. The van der Waals surface area contributed by atoms with Crippen LogP contribution in [0.2, 0.25) is 6.04 Å². The van der Waals surface area contributed by atoms with Crippen molar-refractivity contribution < 1.29 is 18.0 Å². The minimum absolute atomic E-state index is 0.708. The van der Waals surface area contributed by atoms with Crippen LogP contribution in [0.3, 0.4) is 0 Å². The fourth-order valence-electron chi connectivity index (χ4n) is 2.59. The van der Waals surface area contributed by atoms with E-state index in [2.05, 4.69) is 6.58 Å². The van der Waals surface area contributed by atoms with Crippen LogP contribution in [-0.2, 0) is 18.0 Å². The van der Waals surface area contributed by atoms with E-state index in [0.717, 1.165) is 24.6 Å². The minimum atomic E-state index is -2.34. The van der Waals surface area contributed by atoms with Gasteiger partial charge in [0.15, 0.2) is 0 Å². The Morgan fingerprint density at radius 3 is 1.61 bits per heavy atom. The van der Waals surface area contributed by atoms with Crippen LogP contribution in [0.25, 0.3) is 0 Å². The Labute approximate surface area is 144 Å². The van der Waals surface area contributed by atoms with Gasteiger partial charge in [0.2, 0.25) is 0 Å². The van der Waals surface area contributed by atoms with E-state index in [-0.39, 0.29) is 0 Å². The normalized spacial score (nSPS) is 11.8. The molecule has 0 unspecified atom stereocenters. The highest BCUT2D eigenvalue weighted by Gasteiger charge is 2.36. The largest absolute Gasteiger partial charge is 0.500 e. The topological polar surface area (TPSA) is 36.9 Å². The zero-order valence-corrected chi connectivity index (χ0v) is 16.8. The van der Waals surface area contributed by atoms with Crippen molar-refractivity contribution in [2.75, 3.05) is 34.5 Å². The lowest BCUT2D eigenvalue weighted by Crippen LogP contribution is -2.42. The first-order chi connectivity index (χ1) is 11.1. The summed E-state index contributed by atoms with van der Waals surface area (Å²) in [6.07, 6.45) is 11.4. The van der Waals surface area contributed by atoms with Crippen molar-refractivity contribution in [3.05, 3.63) is 12.2 Å². The third-order valence-electron chi connectivity index (χ3n) is 4.05. The monoisotopic (exact) mass is 346 g/mol. The van der Waals surface area contributed by atoms with E-state index in [1.54, 1.807) is 21.3 Å².